The molecule has 7 nitrogen and oxygen atoms in total. The van der Waals surface area contributed by atoms with Crippen molar-refractivity contribution < 1.29 is 14.3 Å². The van der Waals surface area contributed by atoms with E-state index in [0.29, 0.717) is 30.5 Å². The summed E-state index contributed by atoms with van der Waals surface area (Å²) in [5, 5.41) is 9.40. The average molecular weight is 554 g/mol. The Labute approximate surface area is 208 Å². The summed E-state index contributed by atoms with van der Waals surface area (Å²) in [6.07, 6.45) is 0. The highest BCUT2D eigenvalue weighted by molar-refractivity contribution is 14.0. The van der Waals surface area contributed by atoms with Crippen LogP contribution in [0.2, 0.25) is 0 Å². The fraction of sp³-hybridized carbons (Fsp3) is 0.417. The van der Waals surface area contributed by atoms with Crippen LogP contribution < -0.4 is 25.4 Å². The fourth-order valence-corrected chi connectivity index (χ4v) is 3.00. The summed E-state index contributed by atoms with van der Waals surface area (Å²) in [6.45, 7) is 8.03. The van der Waals surface area contributed by atoms with E-state index in [-0.39, 0.29) is 36.5 Å². The lowest BCUT2D eigenvalue weighted by atomic mass is 10.0. The molecule has 0 aliphatic rings. The minimum absolute atomic E-state index is 0. The Kier molecular flexibility index (Phi) is 12.5. The molecule has 0 aromatic heterocycles. The van der Waals surface area contributed by atoms with Crippen LogP contribution in [0.5, 0.6) is 11.5 Å². The normalized spacial score (nSPS) is 11.7. The van der Waals surface area contributed by atoms with E-state index in [9.17, 15) is 4.79 Å². The van der Waals surface area contributed by atoms with Crippen LogP contribution in [-0.4, -0.2) is 45.7 Å². The van der Waals surface area contributed by atoms with Crippen molar-refractivity contribution >= 4 is 35.8 Å². The Morgan fingerprint density at radius 3 is 2.41 bits per heavy atom. The predicted octanol–water partition coefficient (Wildman–Crippen LogP) is 3.61. The van der Waals surface area contributed by atoms with Crippen LogP contribution in [0.1, 0.15) is 36.5 Å². The minimum atomic E-state index is -0.162. The SMILES string of the molecule is CCNC(=O)COc1ccc(CNC(=NC)NCC(C)c2ccc(C)cc2)cc1OC.I. The Bertz CT molecular complexity index is 872. The van der Waals surface area contributed by atoms with Crippen LogP contribution in [-0.2, 0) is 11.3 Å². The summed E-state index contributed by atoms with van der Waals surface area (Å²) >= 11 is 0. The third-order valence-corrected chi connectivity index (χ3v) is 4.87. The van der Waals surface area contributed by atoms with Crippen LogP contribution in [0.4, 0.5) is 0 Å². The fourth-order valence-electron chi connectivity index (χ4n) is 3.00. The standard InChI is InChI=1S/C24H34N4O3.HI/c1-6-26-23(29)16-31-21-12-9-19(13-22(21)30-5)15-28-24(25-4)27-14-18(3)20-10-7-17(2)8-11-20;/h7-13,18H,6,14-16H2,1-5H3,(H,26,29)(H2,25,27,28);1H. The molecule has 1 atom stereocenters. The van der Waals surface area contributed by atoms with E-state index in [0.717, 1.165) is 18.1 Å². The average Bonchev–Trinajstić information content (AvgIpc) is 2.78. The highest BCUT2D eigenvalue weighted by Gasteiger charge is 2.10. The number of hydrogen-bond acceptors (Lipinski definition) is 4. The predicted molar refractivity (Wildman–Crippen MR) is 140 cm³/mol. The molecule has 0 radical (unpaired) electrons. The van der Waals surface area contributed by atoms with E-state index in [2.05, 4.69) is 59.1 Å². The van der Waals surface area contributed by atoms with E-state index >= 15 is 0 Å². The minimum Gasteiger partial charge on any atom is -0.493 e. The molecule has 1 unspecified atom stereocenters. The molecule has 0 bridgehead atoms. The van der Waals surface area contributed by atoms with Crippen molar-refractivity contribution in [1.29, 1.82) is 0 Å². The van der Waals surface area contributed by atoms with Crippen molar-refractivity contribution in [1.82, 2.24) is 16.0 Å². The highest BCUT2D eigenvalue weighted by atomic mass is 127. The van der Waals surface area contributed by atoms with Gasteiger partial charge in [0.25, 0.3) is 5.91 Å². The van der Waals surface area contributed by atoms with E-state index in [1.807, 2.05) is 25.1 Å². The summed E-state index contributed by atoms with van der Waals surface area (Å²) in [7, 11) is 3.34. The number of nitrogens with zero attached hydrogens (tertiary/aromatic N) is 1. The summed E-state index contributed by atoms with van der Waals surface area (Å²) < 4.78 is 11.0. The molecule has 2 rings (SSSR count). The number of rotatable bonds is 10. The molecule has 2 aromatic carbocycles. The Hall–Kier alpha value is -2.49. The lowest BCUT2D eigenvalue weighted by molar-refractivity contribution is -0.123. The van der Waals surface area contributed by atoms with Gasteiger partial charge in [0.15, 0.2) is 24.1 Å². The number of carbonyl (C=O) groups is 1. The molecule has 0 fully saturated rings. The zero-order chi connectivity index (χ0) is 22.6. The summed E-state index contributed by atoms with van der Waals surface area (Å²) in [4.78, 5) is 15.9. The van der Waals surface area contributed by atoms with Crippen molar-refractivity contribution in [2.24, 2.45) is 4.99 Å². The number of guanidine groups is 1. The van der Waals surface area contributed by atoms with Crippen molar-refractivity contribution in [3.8, 4) is 11.5 Å². The molecule has 2 aromatic rings. The number of aliphatic imine (C=N–C) groups is 1. The van der Waals surface area contributed by atoms with Crippen LogP contribution >= 0.6 is 24.0 Å². The number of methoxy groups -OCH3 is 1. The number of ether oxygens (including phenoxy) is 2. The molecule has 1 amide bonds. The van der Waals surface area contributed by atoms with Gasteiger partial charge in [0, 0.05) is 26.7 Å². The number of amides is 1. The summed E-state index contributed by atoms with van der Waals surface area (Å²) in [5.74, 6) is 2.05. The zero-order valence-corrected chi connectivity index (χ0v) is 21.9. The van der Waals surface area contributed by atoms with Gasteiger partial charge in [-0.05, 0) is 43.0 Å². The van der Waals surface area contributed by atoms with E-state index in [4.69, 9.17) is 9.47 Å². The maximum Gasteiger partial charge on any atom is 0.257 e. The molecule has 8 heteroatoms. The molecule has 0 heterocycles. The van der Waals surface area contributed by atoms with Gasteiger partial charge in [-0.15, -0.1) is 24.0 Å². The van der Waals surface area contributed by atoms with Gasteiger partial charge in [-0.25, -0.2) is 0 Å². The lowest BCUT2D eigenvalue weighted by Crippen LogP contribution is -2.38. The van der Waals surface area contributed by atoms with Crippen molar-refractivity contribution in [3.63, 3.8) is 0 Å². The zero-order valence-electron chi connectivity index (χ0n) is 19.5. The number of carbonyl (C=O) groups excluding carboxylic acids is 1. The van der Waals surface area contributed by atoms with Gasteiger partial charge >= 0.3 is 0 Å². The number of halogens is 1. The summed E-state index contributed by atoms with van der Waals surface area (Å²) in [6, 6.07) is 14.2. The molecule has 0 spiro atoms. The largest absolute Gasteiger partial charge is 0.493 e. The van der Waals surface area contributed by atoms with Crippen LogP contribution in [0.15, 0.2) is 47.5 Å². The maximum absolute atomic E-state index is 11.6. The molecule has 32 heavy (non-hydrogen) atoms. The van der Waals surface area contributed by atoms with Gasteiger partial charge in [-0.2, -0.15) is 0 Å². The van der Waals surface area contributed by atoms with Crippen molar-refractivity contribution in [2.75, 3.05) is 33.9 Å². The number of aryl methyl sites for hydroxylation is 1. The van der Waals surface area contributed by atoms with Gasteiger partial charge in [-0.3, -0.25) is 9.79 Å². The molecule has 0 aliphatic heterocycles. The third kappa shape index (κ3) is 8.94. The third-order valence-electron chi connectivity index (χ3n) is 4.87. The summed E-state index contributed by atoms with van der Waals surface area (Å²) in [5.41, 5.74) is 3.57. The number of benzene rings is 2. The first-order valence-corrected chi connectivity index (χ1v) is 10.5. The monoisotopic (exact) mass is 554 g/mol. The van der Waals surface area contributed by atoms with Crippen LogP contribution in [0.3, 0.4) is 0 Å². The molecular formula is C24H35IN4O3. The van der Waals surface area contributed by atoms with Crippen molar-refractivity contribution in [2.45, 2.75) is 33.2 Å². The van der Waals surface area contributed by atoms with Gasteiger partial charge in [-0.1, -0.05) is 42.8 Å². The first kappa shape index (κ1) is 27.5. The van der Waals surface area contributed by atoms with Gasteiger partial charge in [0.05, 0.1) is 7.11 Å². The van der Waals surface area contributed by atoms with Crippen LogP contribution in [0.25, 0.3) is 0 Å². The second-order valence-electron chi connectivity index (χ2n) is 7.35. The molecule has 0 saturated carbocycles. The molecule has 0 saturated heterocycles. The molecule has 3 N–H and O–H groups in total. The second-order valence-corrected chi connectivity index (χ2v) is 7.35. The smallest absolute Gasteiger partial charge is 0.257 e. The Morgan fingerprint density at radius 1 is 1.06 bits per heavy atom. The second kappa shape index (κ2) is 14.5. The number of likely N-dealkylation sites (N-methyl/N-ethyl adjacent to an activating group) is 1. The van der Waals surface area contributed by atoms with Gasteiger partial charge in [0.1, 0.15) is 0 Å². The lowest BCUT2D eigenvalue weighted by Gasteiger charge is -2.17. The van der Waals surface area contributed by atoms with E-state index in [1.165, 1.54) is 11.1 Å². The Morgan fingerprint density at radius 2 is 1.78 bits per heavy atom. The topological polar surface area (TPSA) is 84.0 Å². The van der Waals surface area contributed by atoms with Crippen LogP contribution in [0, 0.1) is 6.92 Å². The van der Waals surface area contributed by atoms with Crippen molar-refractivity contribution in [3.05, 3.63) is 59.2 Å². The number of hydrogen-bond donors (Lipinski definition) is 3. The maximum atomic E-state index is 11.6. The van der Waals surface area contributed by atoms with Gasteiger partial charge < -0.3 is 25.4 Å². The Balaban J connectivity index is 0.00000512. The quantitative estimate of drug-likeness (QED) is 0.238. The van der Waals surface area contributed by atoms with E-state index in [1.54, 1.807) is 14.2 Å². The van der Waals surface area contributed by atoms with E-state index < -0.39 is 0 Å². The molecule has 0 aliphatic carbocycles. The molecular weight excluding hydrogens is 519 g/mol. The van der Waals surface area contributed by atoms with Gasteiger partial charge in [0.2, 0.25) is 0 Å². The molecule has 176 valence electrons. The first-order valence-electron chi connectivity index (χ1n) is 10.5. The number of nitrogens with one attached hydrogen (secondary N) is 3. The highest BCUT2D eigenvalue weighted by Crippen LogP contribution is 2.28. The first-order chi connectivity index (χ1) is 15.0.